The molecule has 0 atom stereocenters. The van der Waals surface area contributed by atoms with Crippen molar-refractivity contribution in [1.29, 1.82) is 0 Å². The molecule has 2 aromatic rings. The molecule has 3 nitrogen and oxygen atoms in total. The molecule has 0 spiro atoms. The fraction of sp³-hybridized carbons (Fsp3) is 0.167. The maximum atomic E-state index is 12.1. The van der Waals surface area contributed by atoms with E-state index >= 15 is 0 Å². The van der Waals surface area contributed by atoms with Crippen LogP contribution in [0.3, 0.4) is 0 Å². The van der Waals surface area contributed by atoms with E-state index in [0.29, 0.717) is 12.2 Å². The first-order valence-corrected chi connectivity index (χ1v) is 7.57. The Hall–Kier alpha value is -1.91. The van der Waals surface area contributed by atoms with E-state index in [0.717, 1.165) is 21.3 Å². The first kappa shape index (κ1) is 16.5. The van der Waals surface area contributed by atoms with Crippen LogP contribution in [0.1, 0.15) is 21.5 Å². The van der Waals surface area contributed by atoms with Gasteiger partial charge in [0, 0.05) is 22.7 Å². The number of carbonyl (C=O) groups is 1. The smallest absolute Gasteiger partial charge is 0.185 e. The molecule has 0 unspecified atom stereocenters. The number of rotatable bonds is 6. The molecule has 0 saturated heterocycles. The number of hydrogen-bond acceptors (Lipinski definition) is 3. The van der Waals surface area contributed by atoms with E-state index in [1.807, 2.05) is 30.3 Å². The Morgan fingerprint density at radius 3 is 2.68 bits per heavy atom. The average Bonchev–Trinajstić information content (AvgIpc) is 2.53. The van der Waals surface area contributed by atoms with Crippen LogP contribution < -0.4 is 4.74 Å². The molecule has 0 aliphatic heterocycles. The summed E-state index contributed by atoms with van der Waals surface area (Å²) in [6, 6.07) is 13.1. The third kappa shape index (κ3) is 4.29. The second kappa shape index (κ2) is 7.92. The fourth-order valence-electron chi connectivity index (χ4n) is 2.08. The van der Waals surface area contributed by atoms with Crippen LogP contribution in [0.25, 0.3) is 6.08 Å². The molecular formula is C18H17BrO3. The van der Waals surface area contributed by atoms with Gasteiger partial charge in [-0.25, -0.2) is 0 Å². The molecule has 0 aliphatic carbocycles. The van der Waals surface area contributed by atoms with Crippen LogP contribution in [0, 0.1) is 0 Å². The predicted molar refractivity (Wildman–Crippen MR) is 91.2 cm³/mol. The van der Waals surface area contributed by atoms with Gasteiger partial charge in [-0.1, -0.05) is 40.2 Å². The van der Waals surface area contributed by atoms with Crippen molar-refractivity contribution in [3.05, 3.63) is 69.7 Å². The summed E-state index contributed by atoms with van der Waals surface area (Å²) in [7, 11) is 3.26. The Morgan fingerprint density at radius 2 is 2.00 bits per heavy atom. The molecule has 0 N–H and O–H groups in total. The number of methoxy groups -OCH3 is 2. The molecule has 4 heteroatoms. The topological polar surface area (TPSA) is 35.5 Å². The lowest BCUT2D eigenvalue weighted by molar-refractivity contribution is 0.104. The number of halogens is 1. The van der Waals surface area contributed by atoms with E-state index < -0.39 is 0 Å². The lowest BCUT2D eigenvalue weighted by atomic mass is 10.1. The third-order valence-corrected chi connectivity index (χ3v) is 3.63. The first-order chi connectivity index (χ1) is 10.6. The number of benzene rings is 2. The third-order valence-electron chi connectivity index (χ3n) is 3.14. The van der Waals surface area contributed by atoms with Gasteiger partial charge in [0.1, 0.15) is 5.75 Å². The Kier molecular flexibility index (Phi) is 5.92. The van der Waals surface area contributed by atoms with Gasteiger partial charge in [0.25, 0.3) is 0 Å². The molecule has 0 bridgehead atoms. The normalized spacial score (nSPS) is 10.9. The lowest BCUT2D eigenvalue weighted by Gasteiger charge is -2.08. The van der Waals surface area contributed by atoms with Crippen molar-refractivity contribution in [2.75, 3.05) is 14.2 Å². The zero-order valence-corrected chi connectivity index (χ0v) is 14.1. The Bertz CT molecular complexity index is 692. The van der Waals surface area contributed by atoms with Gasteiger partial charge in [-0.05, 0) is 35.9 Å². The second-order valence-electron chi connectivity index (χ2n) is 4.71. The molecule has 0 amide bonds. The van der Waals surface area contributed by atoms with Crippen molar-refractivity contribution in [2.24, 2.45) is 0 Å². The van der Waals surface area contributed by atoms with E-state index in [4.69, 9.17) is 9.47 Å². The highest BCUT2D eigenvalue weighted by molar-refractivity contribution is 9.10. The highest BCUT2D eigenvalue weighted by atomic mass is 79.9. The van der Waals surface area contributed by atoms with Gasteiger partial charge in [-0.15, -0.1) is 0 Å². The van der Waals surface area contributed by atoms with Crippen LogP contribution in [0.2, 0.25) is 0 Å². The molecule has 2 rings (SSSR count). The number of ether oxygens (including phenoxy) is 2. The van der Waals surface area contributed by atoms with Crippen molar-refractivity contribution >= 4 is 27.8 Å². The van der Waals surface area contributed by atoms with Crippen LogP contribution in [0.15, 0.2) is 53.0 Å². The number of ketones is 1. The Morgan fingerprint density at radius 1 is 1.18 bits per heavy atom. The molecule has 114 valence electrons. The van der Waals surface area contributed by atoms with Gasteiger partial charge in [-0.3, -0.25) is 4.79 Å². The van der Waals surface area contributed by atoms with Crippen LogP contribution in [-0.2, 0) is 11.3 Å². The van der Waals surface area contributed by atoms with E-state index in [-0.39, 0.29) is 5.78 Å². The number of hydrogen-bond donors (Lipinski definition) is 0. The van der Waals surface area contributed by atoms with Crippen LogP contribution in [0.5, 0.6) is 5.75 Å². The maximum absolute atomic E-state index is 12.1. The minimum Gasteiger partial charge on any atom is -0.496 e. The fourth-order valence-corrected chi connectivity index (χ4v) is 2.48. The summed E-state index contributed by atoms with van der Waals surface area (Å²) in [6.07, 6.45) is 3.36. The quantitative estimate of drug-likeness (QED) is 0.561. The van der Waals surface area contributed by atoms with E-state index in [2.05, 4.69) is 15.9 Å². The SMILES string of the molecule is COCc1cc(/C=C/C(=O)c2cccc(Br)c2)ccc1OC. The summed E-state index contributed by atoms with van der Waals surface area (Å²) >= 11 is 3.37. The van der Waals surface area contributed by atoms with Crippen molar-refractivity contribution in [3.63, 3.8) is 0 Å². The molecule has 0 aromatic heterocycles. The summed E-state index contributed by atoms with van der Waals surface area (Å²) in [5.41, 5.74) is 2.52. The minimum absolute atomic E-state index is 0.0367. The van der Waals surface area contributed by atoms with Gasteiger partial charge >= 0.3 is 0 Å². The Labute approximate surface area is 138 Å². The zero-order chi connectivity index (χ0) is 15.9. The monoisotopic (exact) mass is 360 g/mol. The van der Waals surface area contributed by atoms with Crippen molar-refractivity contribution in [3.8, 4) is 5.75 Å². The molecular weight excluding hydrogens is 344 g/mol. The first-order valence-electron chi connectivity index (χ1n) is 6.78. The molecule has 0 heterocycles. The van der Waals surface area contributed by atoms with Crippen LogP contribution in [-0.4, -0.2) is 20.0 Å². The predicted octanol–water partition coefficient (Wildman–Crippen LogP) is 4.50. The summed E-state index contributed by atoms with van der Waals surface area (Å²) in [6.45, 7) is 0.463. The van der Waals surface area contributed by atoms with E-state index in [1.54, 1.807) is 38.5 Å². The van der Waals surface area contributed by atoms with Crippen molar-refractivity contribution in [1.82, 2.24) is 0 Å². The van der Waals surface area contributed by atoms with E-state index in [9.17, 15) is 4.79 Å². The average molecular weight is 361 g/mol. The van der Waals surface area contributed by atoms with Crippen LogP contribution in [0.4, 0.5) is 0 Å². The molecule has 0 fully saturated rings. The molecule has 22 heavy (non-hydrogen) atoms. The molecule has 0 saturated carbocycles. The second-order valence-corrected chi connectivity index (χ2v) is 5.63. The van der Waals surface area contributed by atoms with E-state index in [1.165, 1.54) is 0 Å². The van der Waals surface area contributed by atoms with Gasteiger partial charge in [-0.2, -0.15) is 0 Å². The van der Waals surface area contributed by atoms with Gasteiger partial charge in [0.15, 0.2) is 5.78 Å². The summed E-state index contributed by atoms with van der Waals surface area (Å²) in [5.74, 6) is 0.739. The molecule has 0 radical (unpaired) electrons. The molecule has 0 aliphatic rings. The number of allylic oxidation sites excluding steroid dienone is 1. The van der Waals surface area contributed by atoms with Gasteiger partial charge in [0.2, 0.25) is 0 Å². The van der Waals surface area contributed by atoms with Gasteiger partial charge < -0.3 is 9.47 Å². The summed E-state index contributed by atoms with van der Waals surface area (Å²) < 4.78 is 11.3. The largest absolute Gasteiger partial charge is 0.496 e. The molecule has 2 aromatic carbocycles. The summed E-state index contributed by atoms with van der Waals surface area (Å²) in [5, 5.41) is 0. The van der Waals surface area contributed by atoms with Crippen molar-refractivity contribution in [2.45, 2.75) is 6.61 Å². The van der Waals surface area contributed by atoms with Gasteiger partial charge in [0.05, 0.1) is 13.7 Å². The zero-order valence-electron chi connectivity index (χ0n) is 12.5. The number of carbonyl (C=O) groups excluding carboxylic acids is 1. The van der Waals surface area contributed by atoms with Crippen molar-refractivity contribution < 1.29 is 14.3 Å². The maximum Gasteiger partial charge on any atom is 0.185 e. The standard InChI is InChI=1S/C18H17BrO3/c1-21-12-15-10-13(7-9-18(15)22-2)6-8-17(20)14-4-3-5-16(19)11-14/h3-11H,12H2,1-2H3/b8-6+. The highest BCUT2D eigenvalue weighted by Crippen LogP contribution is 2.21. The minimum atomic E-state index is -0.0367. The Balaban J connectivity index is 2.19. The lowest BCUT2D eigenvalue weighted by Crippen LogP contribution is -1.95. The van der Waals surface area contributed by atoms with Crippen LogP contribution >= 0.6 is 15.9 Å². The highest BCUT2D eigenvalue weighted by Gasteiger charge is 2.04. The summed E-state index contributed by atoms with van der Waals surface area (Å²) in [4.78, 5) is 12.1.